The third kappa shape index (κ3) is 3.14. The molecule has 2 heterocycles. The van der Waals surface area contributed by atoms with Crippen LogP contribution in [-0.4, -0.2) is 47.6 Å². The van der Waals surface area contributed by atoms with Gasteiger partial charge < -0.3 is 5.11 Å². The summed E-state index contributed by atoms with van der Waals surface area (Å²) in [5.41, 5.74) is -0.258. The molecule has 0 spiro atoms. The first-order chi connectivity index (χ1) is 9.84. The van der Waals surface area contributed by atoms with Gasteiger partial charge in [0.2, 0.25) is 10.0 Å². The van der Waals surface area contributed by atoms with Gasteiger partial charge in [-0.25, -0.2) is 17.5 Å². The van der Waals surface area contributed by atoms with Crippen molar-refractivity contribution in [2.24, 2.45) is 0 Å². The largest absolute Gasteiger partial charge is 0.476 e. The van der Waals surface area contributed by atoms with E-state index in [1.165, 1.54) is 14.0 Å². The zero-order chi connectivity index (χ0) is 15.6. The van der Waals surface area contributed by atoms with Crippen molar-refractivity contribution in [2.75, 3.05) is 13.6 Å². The van der Waals surface area contributed by atoms with Crippen LogP contribution in [0.5, 0.6) is 0 Å². The predicted molar refractivity (Wildman–Crippen MR) is 78.1 cm³/mol. The van der Waals surface area contributed by atoms with Crippen molar-refractivity contribution < 1.29 is 18.3 Å². The SMILES string of the molecule is Cc1[nH]nc(C(=O)O)c1S(=O)(=O)N(C)CCc1cccs1. The molecule has 9 heteroatoms. The van der Waals surface area contributed by atoms with E-state index >= 15 is 0 Å². The Morgan fingerprint density at radius 3 is 2.81 bits per heavy atom. The summed E-state index contributed by atoms with van der Waals surface area (Å²) in [6, 6.07) is 3.83. The third-order valence-electron chi connectivity index (χ3n) is 3.02. The zero-order valence-corrected chi connectivity index (χ0v) is 13.2. The van der Waals surface area contributed by atoms with Crippen molar-refractivity contribution in [3.63, 3.8) is 0 Å². The van der Waals surface area contributed by atoms with Gasteiger partial charge in [0.05, 0.1) is 5.69 Å². The van der Waals surface area contributed by atoms with Crippen LogP contribution in [0.25, 0.3) is 0 Å². The van der Waals surface area contributed by atoms with Gasteiger partial charge in [-0.2, -0.15) is 5.10 Å². The van der Waals surface area contributed by atoms with Gasteiger partial charge in [-0.1, -0.05) is 6.07 Å². The molecule has 0 radical (unpaired) electrons. The van der Waals surface area contributed by atoms with Crippen molar-refractivity contribution in [3.05, 3.63) is 33.8 Å². The smallest absolute Gasteiger partial charge is 0.357 e. The summed E-state index contributed by atoms with van der Waals surface area (Å²) in [6.07, 6.45) is 0.576. The Kier molecular flexibility index (Phi) is 4.45. The number of carboxylic acid groups (broad SMARTS) is 1. The minimum absolute atomic E-state index is 0.218. The summed E-state index contributed by atoms with van der Waals surface area (Å²) in [7, 11) is -2.46. The zero-order valence-electron chi connectivity index (χ0n) is 11.5. The molecular formula is C12H15N3O4S2. The van der Waals surface area contributed by atoms with Crippen LogP contribution in [0.3, 0.4) is 0 Å². The van der Waals surface area contributed by atoms with Crippen molar-refractivity contribution in [2.45, 2.75) is 18.2 Å². The van der Waals surface area contributed by atoms with Gasteiger partial charge in [0, 0.05) is 18.5 Å². The molecule has 2 rings (SSSR count). The number of nitrogens with one attached hydrogen (secondary N) is 1. The molecule has 0 aliphatic heterocycles. The van der Waals surface area contributed by atoms with Crippen molar-refractivity contribution in [1.29, 1.82) is 0 Å². The number of H-pyrrole nitrogens is 1. The number of thiophene rings is 1. The number of aryl methyl sites for hydroxylation is 1. The standard InChI is InChI=1S/C12H15N3O4S2/c1-8-11(10(12(16)17)14-13-8)21(18,19)15(2)6-5-9-4-3-7-20-9/h3-4,7H,5-6H2,1-2H3,(H,13,14)(H,16,17). The summed E-state index contributed by atoms with van der Waals surface area (Å²) in [5.74, 6) is -1.37. The fourth-order valence-corrected chi connectivity index (χ4v) is 4.03. The van der Waals surface area contributed by atoms with Crippen LogP contribution in [0.2, 0.25) is 0 Å². The average molecular weight is 329 g/mol. The van der Waals surface area contributed by atoms with Gasteiger partial charge in [0.1, 0.15) is 4.90 Å². The quantitative estimate of drug-likeness (QED) is 0.832. The van der Waals surface area contributed by atoms with Crippen LogP contribution in [0, 0.1) is 6.92 Å². The normalized spacial score (nSPS) is 12.0. The number of hydrogen-bond acceptors (Lipinski definition) is 5. The van der Waals surface area contributed by atoms with Crippen LogP contribution < -0.4 is 0 Å². The van der Waals surface area contributed by atoms with Gasteiger partial charge in [-0.05, 0) is 24.8 Å². The fraction of sp³-hybridized carbons (Fsp3) is 0.333. The van der Waals surface area contributed by atoms with E-state index in [1.54, 1.807) is 11.3 Å². The Bertz CT molecular complexity index is 735. The number of aromatic amines is 1. The Morgan fingerprint density at radius 1 is 1.52 bits per heavy atom. The monoisotopic (exact) mass is 329 g/mol. The number of carboxylic acids is 1. The minimum atomic E-state index is -3.89. The van der Waals surface area contributed by atoms with Crippen LogP contribution in [0.15, 0.2) is 22.4 Å². The summed E-state index contributed by atoms with van der Waals surface area (Å²) in [6.45, 7) is 1.76. The van der Waals surface area contributed by atoms with E-state index in [0.29, 0.717) is 6.42 Å². The van der Waals surface area contributed by atoms with Crippen LogP contribution in [0.4, 0.5) is 0 Å². The highest BCUT2D eigenvalue weighted by atomic mass is 32.2. The molecule has 0 fully saturated rings. The lowest BCUT2D eigenvalue weighted by atomic mass is 10.3. The van der Waals surface area contributed by atoms with Crippen LogP contribution in [0.1, 0.15) is 21.1 Å². The summed E-state index contributed by atoms with van der Waals surface area (Å²) in [5, 5.41) is 16.9. The number of carbonyl (C=O) groups is 1. The lowest BCUT2D eigenvalue weighted by molar-refractivity contribution is 0.0686. The van der Waals surface area contributed by atoms with Crippen LogP contribution in [-0.2, 0) is 16.4 Å². The molecule has 0 aliphatic carbocycles. The van der Waals surface area contributed by atoms with Gasteiger partial charge in [0.15, 0.2) is 5.69 Å². The Labute approximate surface area is 126 Å². The van der Waals surface area contributed by atoms with Gasteiger partial charge in [-0.3, -0.25) is 5.10 Å². The van der Waals surface area contributed by atoms with E-state index in [2.05, 4.69) is 10.2 Å². The second kappa shape index (κ2) is 5.96. The molecule has 21 heavy (non-hydrogen) atoms. The van der Waals surface area contributed by atoms with E-state index < -0.39 is 21.7 Å². The number of aromatic carboxylic acids is 1. The molecule has 0 saturated heterocycles. The first-order valence-electron chi connectivity index (χ1n) is 6.11. The number of aromatic nitrogens is 2. The third-order valence-corrected chi connectivity index (χ3v) is 5.97. The first-order valence-corrected chi connectivity index (χ1v) is 8.43. The molecule has 0 amide bonds. The maximum Gasteiger partial charge on any atom is 0.357 e. The molecule has 2 aromatic heterocycles. The molecule has 0 aromatic carbocycles. The predicted octanol–water partition coefficient (Wildman–Crippen LogP) is 1.34. The number of nitrogens with zero attached hydrogens (tertiary/aromatic N) is 2. The number of hydrogen-bond donors (Lipinski definition) is 2. The summed E-state index contributed by atoms with van der Waals surface area (Å²) >= 11 is 1.55. The lowest BCUT2D eigenvalue weighted by Gasteiger charge is -2.16. The highest BCUT2D eigenvalue weighted by Gasteiger charge is 2.31. The van der Waals surface area contributed by atoms with Crippen molar-refractivity contribution >= 4 is 27.3 Å². The fourth-order valence-electron chi connectivity index (χ4n) is 1.88. The van der Waals surface area contributed by atoms with Crippen molar-refractivity contribution in [1.82, 2.24) is 14.5 Å². The number of sulfonamides is 1. The van der Waals surface area contributed by atoms with E-state index in [9.17, 15) is 13.2 Å². The average Bonchev–Trinajstić information content (AvgIpc) is 3.04. The maximum atomic E-state index is 12.5. The minimum Gasteiger partial charge on any atom is -0.476 e. The van der Waals surface area contributed by atoms with Gasteiger partial charge in [0.25, 0.3) is 0 Å². The Morgan fingerprint density at radius 2 is 2.24 bits per heavy atom. The van der Waals surface area contributed by atoms with Crippen LogP contribution >= 0.6 is 11.3 Å². The second-order valence-electron chi connectivity index (χ2n) is 4.49. The first kappa shape index (κ1) is 15.7. The second-order valence-corrected chi connectivity index (χ2v) is 7.50. The van der Waals surface area contributed by atoms with E-state index in [4.69, 9.17) is 5.11 Å². The molecule has 0 atom stereocenters. The van der Waals surface area contributed by atoms with Crippen molar-refractivity contribution in [3.8, 4) is 0 Å². The number of rotatable bonds is 6. The molecule has 114 valence electrons. The molecule has 0 aliphatic rings. The molecular weight excluding hydrogens is 314 g/mol. The molecule has 0 saturated carbocycles. The number of likely N-dealkylation sites (N-methyl/N-ethyl adjacent to an activating group) is 1. The maximum absolute atomic E-state index is 12.5. The molecule has 0 unspecified atom stereocenters. The van der Waals surface area contributed by atoms with E-state index in [0.717, 1.165) is 9.18 Å². The summed E-state index contributed by atoms with van der Waals surface area (Å²) in [4.78, 5) is 11.9. The van der Waals surface area contributed by atoms with Gasteiger partial charge in [-0.15, -0.1) is 11.3 Å². The molecule has 2 aromatic rings. The van der Waals surface area contributed by atoms with Gasteiger partial charge >= 0.3 is 5.97 Å². The topological polar surface area (TPSA) is 103 Å². The van der Waals surface area contributed by atoms with E-state index in [1.807, 2.05) is 17.5 Å². The summed E-state index contributed by atoms with van der Waals surface area (Å²) < 4.78 is 26.2. The molecule has 7 nitrogen and oxygen atoms in total. The Balaban J connectivity index is 2.25. The molecule has 2 N–H and O–H groups in total. The molecule has 0 bridgehead atoms. The highest BCUT2D eigenvalue weighted by molar-refractivity contribution is 7.89. The van der Waals surface area contributed by atoms with E-state index in [-0.39, 0.29) is 17.1 Å². The lowest BCUT2D eigenvalue weighted by Crippen LogP contribution is -2.30. The highest BCUT2D eigenvalue weighted by Crippen LogP contribution is 2.22. The Hall–Kier alpha value is -1.71.